The first-order chi connectivity index (χ1) is 18.4. The minimum Gasteiger partial charge on any atom is -0.462 e. The molecule has 196 valence electrons. The molecule has 0 radical (unpaired) electrons. The zero-order valence-corrected chi connectivity index (χ0v) is 21.6. The summed E-state index contributed by atoms with van der Waals surface area (Å²) in [5.74, 6) is 1.58. The van der Waals surface area contributed by atoms with Crippen LogP contribution in [0.25, 0.3) is 11.1 Å². The highest BCUT2D eigenvalue weighted by molar-refractivity contribution is 5.94. The van der Waals surface area contributed by atoms with Gasteiger partial charge in [0.05, 0.1) is 13.0 Å². The molecule has 3 aliphatic rings. The number of fused-ring (bicyclic) bond motifs is 2. The summed E-state index contributed by atoms with van der Waals surface area (Å²) in [5.41, 5.74) is 4.62. The van der Waals surface area contributed by atoms with E-state index in [0.717, 1.165) is 33.8 Å². The standard InChI is InChI=1S/C30H30N2O6/c1-31(2)29(34)22-6-4-21(5-7-22)23-8-10-25-24(17-23)18-37-30(38-25)11-13-32(14-12-30)28(33)16-20-3-9-26-27(15-20)36-19-35-26/h3-10,15,17H,11-14,16,18-19H2,1-2H3. The van der Waals surface area contributed by atoms with Crippen LogP contribution in [0.1, 0.15) is 34.3 Å². The van der Waals surface area contributed by atoms with Crippen LogP contribution in [0.15, 0.2) is 60.7 Å². The highest BCUT2D eigenvalue weighted by Crippen LogP contribution is 2.39. The van der Waals surface area contributed by atoms with Crippen LogP contribution in [-0.2, 0) is 22.6 Å². The maximum atomic E-state index is 13.0. The Balaban J connectivity index is 1.08. The van der Waals surface area contributed by atoms with E-state index < -0.39 is 5.79 Å². The van der Waals surface area contributed by atoms with E-state index >= 15 is 0 Å². The molecule has 0 bridgehead atoms. The van der Waals surface area contributed by atoms with Crippen LogP contribution in [0, 0.1) is 0 Å². The Hall–Kier alpha value is -4.04. The number of likely N-dealkylation sites (tertiary alicyclic amines) is 1. The third kappa shape index (κ3) is 4.67. The van der Waals surface area contributed by atoms with Gasteiger partial charge in [0.1, 0.15) is 5.75 Å². The Kier molecular flexibility index (Phi) is 6.19. The number of carbonyl (C=O) groups excluding carboxylic acids is 2. The van der Waals surface area contributed by atoms with Gasteiger partial charge in [-0.05, 0) is 53.1 Å². The van der Waals surface area contributed by atoms with Gasteiger partial charge in [-0.2, -0.15) is 0 Å². The van der Waals surface area contributed by atoms with Crippen LogP contribution in [0.2, 0.25) is 0 Å². The average Bonchev–Trinajstić information content (AvgIpc) is 3.41. The fraction of sp³-hybridized carbons (Fsp3) is 0.333. The van der Waals surface area contributed by atoms with Crippen molar-refractivity contribution >= 4 is 11.8 Å². The molecule has 3 aromatic rings. The first-order valence-corrected chi connectivity index (χ1v) is 12.8. The molecular weight excluding hydrogens is 484 g/mol. The van der Waals surface area contributed by atoms with Crippen molar-refractivity contribution in [1.29, 1.82) is 0 Å². The second-order valence-corrected chi connectivity index (χ2v) is 10.1. The largest absolute Gasteiger partial charge is 0.462 e. The maximum Gasteiger partial charge on any atom is 0.253 e. The molecule has 3 aliphatic heterocycles. The molecule has 3 heterocycles. The molecule has 38 heavy (non-hydrogen) atoms. The highest BCUT2D eigenvalue weighted by atomic mass is 16.7. The number of hydrogen-bond acceptors (Lipinski definition) is 6. The molecule has 1 saturated heterocycles. The van der Waals surface area contributed by atoms with Crippen molar-refractivity contribution in [3.8, 4) is 28.4 Å². The lowest BCUT2D eigenvalue weighted by atomic mass is 9.98. The summed E-state index contributed by atoms with van der Waals surface area (Å²) in [4.78, 5) is 28.6. The van der Waals surface area contributed by atoms with Crippen LogP contribution in [0.4, 0.5) is 0 Å². The number of nitrogens with zero attached hydrogens (tertiary/aromatic N) is 2. The number of benzene rings is 3. The molecule has 3 aromatic carbocycles. The predicted octanol–water partition coefficient (Wildman–Crippen LogP) is 4.25. The molecule has 1 spiro atoms. The van der Waals surface area contributed by atoms with Gasteiger partial charge < -0.3 is 28.7 Å². The lowest BCUT2D eigenvalue weighted by Crippen LogP contribution is -2.52. The summed E-state index contributed by atoms with van der Waals surface area (Å²) in [6.07, 6.45) is 1.55. The van der Waals surface area contributed by atoms with Crippen molar-refractivity contribution in [3.63, 3.8) is 0 Å². The zero-order chi connectivity index (χ0) is 26.3. The monoisotopic (exact) mass is 514 g/mol. The first-order valence-electron chi connectivity index (χ1n) is 12.8. The van der Waals surface area contributed by atoms with Gasteiger partial charge in [-0.15, -0.1) is 0 Å². The molecule has 6 rings (SSSR count). The Morgan fingerprint density at radius 1 is 0.868 bits per heavy atom. The van der Waals surface area contributed by atoms with Crippen molar-refractivity contribution in [3.05, 3.63) is 77.4 Å². The first kappa shape index (κ1) is 24.3. The fourth-order valence-corrected chi connectivity index (χ4v) is 5.15. The lowest BCUT2D eigenvalue weighted by Gasteiger charge is -2.44. The summed E-state index contributed by atoms with van der Waals surface area (Å²) in [5, 5.41) is 0. The minimum atomic E-state index is -0.710. The van der Waals surface area contributed by atoms with Crippen molar-refractivity contribution in [1.82, 2.24) is 9.80 Å². The van der Waals surface area contributed by atoms with E-state index in [-0.39, 0.29) is 18.6 Å². The Bertz CT molecular complexity index is 1380. The number of piperidine rings is 1. The quantitative estimate of drug-likeness (QED) is 0.518. The van der Waals surface area contributed by atoms with E-state index in [0.29, 0.717) is 50.3 Å². The van der Waals surface area contributed by atoms with E-state index in [4.69, 9.17) is 18.9 Å². The van der Waals surface area contributed by atoms with Gasteiger partial charge in [0.25, 0.3) is 5.91 Å². The number of rotatable bonds is 4. The van der Waals surface area contributed by atoms with E-state index in [1.807, 2.05) is 59.5 Å². The second-order valence-electron chi connectivity index (χ2n) is 10.1. The Labute approximate surface area is 221 Å². The third-order valence-corrected chi connectivity index (χ3v) is 7.39. The molecule has 0 saturated carbocycles. The molecule has 0 aromatic heterocycles. The Morgan fingerprint density at radius 3 is 2.34 bits per heavy atom. The predicted molar refractivity (Wildman–Crippen MR) is 140 cm³/mol. The third-order valence-electron chi connectivity index (χ3n) is 7.39. The minimum absolute atomic E-state index is 0.0187. The van der Waals surface area contributed by atoms with Gasteiger partial charge in [-0.3, -0.25) is 9.59 Å². The molecule has 0 unspecified atom stereocenters. The lowest BCUT2D eigenvalue weighted by molar-refractivity contribution is -0.227. The van der Waals surface area contributed by atoms with E-state index in [1.54, 1.807) is 19.0 Å². The molecule has 0 atom stereocenters. The summed E-state index contributed by atoms with van der Waals surface area (Å²) in [6.45, 7) is 1.83. The van der Waals surface area contributed by atoms with Gasteiger partial charge >= 0.3 is 0 Å². The number of amides is 2. The topological polar surface area (TPSA) is 77.5 Å². The Morgan fingerprint density at radius 2 is 1.58 bits per heavy atom. The van der Waals surface area contributed by atoms with Crippen LogP contribution < -0.4 is 14.2 Å². The fourth-order valence-electron chi connectivity index (χ4n) is 5.15. The van der Waals surface area contributed by atoms with Gasteiger partial charge in [0.15, 0.2) is 11.5 Å². The van der Waals surface area contributed by atoms with Gasteiger partial charge in [-0.25, -0.2) is 0 Å². The SMILES string of the molecule is CN(C)C(=O)c1ccc(-c2ccc3c(c2)COC2(CCN(C(=O)Cc4ccc5c(c4)OCO5)CC2)O3)cc1. The van der Waals surface area contributed by atoms with Crippen LogP contribution >= 0.6 is 0 Å². The van der Waals surface area contributed by atoms with Crippen molar-refractivity contribution in [2.45, 2.75) is 31.7 Å². The normalized spacial score (nSPS) is 17.1. The highest BCUT2D eigenvalue weighted by Gasteiger charge is 2.42. The molecule has 8 heteroatoms. The summed E-state index contributed by atoms with van der Waals surface area (Å²) >= 11 is 0. The second kappa shape index (κ2) is 9.68. The average molecular weight is 515 g/mol. The van der Waals surface area contributed by atoms with E-state index in [2.05, 4.69) is 6.07 Å². The van der Waals surface area contributed by atoms with Crippen LogP contribution in [0.5, 0.6) is 17.2 Å². The van der Waals surface area contributed by atoms with Crippen LogP contribution in [-0.4, -0.2) is 61.4 Å². The van der Waals surface area contributed by atoms with Gasteiger partial charge in [0.2, 0.25) is 18.5 Å². The van der Waals surface area contributed by atoms with E-state index in [1.165, 1.54) is 0 Å². The van der Waals surface area contributed by atoms with Crippen molar-refractivity contribution in [2.75, 3.05) is 34.0 Å². The van der Waals surface area contributed by atoms with Gasteiger partial charge in [-0.1, -0.05) is 24.3 Å². The molecule has 1 fully saturated rings. The molecule has 2 amide bonds. The number of carbonyl (C=O) groups is 2. The van der Waals surface area contributed by atoms with E-state index in [9.17, 15) is 9.59 Å². The molecule has 8 nitrogen and oxygen atoms in total. The molecular formula is C30H30N2O6. The number of hydrogen-bond donors (Lipinski definition) is 0. The summed E-state index contributed by atoms with van der Waals surface area (Å²) in [7, 11) is 3.49. The van der Waals surface area contributed by atoms with Crippen molar-refractivity contribution < 1.29 is 28.5 Å². The number of ether oxygens (including phenoxy) is 4. The smallest absolute Gasteiger partial charge is 0.253 e. The maximum absolute atomic E-state index is 13.0. The van der Waals surface area contributed by atoms with Crippen LogP contribution in [0.3, 0.4) is 0 Å². The molecule has 0 N–H and O–H groups in total. The van der Waals surface area contributed by atoms with Crippen molar-refractivity contribution in [2.24, 2.45) is 0 Å². The summed E-state index contributed by atoms with van der Waals surface area (Å²) in [6, 6.07) is 19.4. The van der Waals surface area contributed by atoms with Gasteiger partial charge in [0, 0.05) is 51.2 Å². The zero-order valence-electron chi connectivity index (χ0n) is 21.6. The summed E-state index contributed by atoms with van der Waals surface area (Å²) < 4.78 is 23.4. The molecule has 0 aliphatic carbocycles.